The highest BCUT2D eigenvalue weighted by atomic mass is 16.6. The van der Waals surface area contributed by atoms with Crippen LogP contribution in [0.3, 0.4) is 0 Å². The van der Waals surface area contributed by atoms with E-state index >= 15 is 0 Å². The summed E-state index contributed by atoms with van der Waals surface area (Å²) in [6, 6.07) is 9.51. The van der Waals surface area contributed by atoms with Crippen LogP contribution in [-0.2, 0) is 19.1 Å². The largest absolute Gasteiger partial charge is 0.493 e. The molecule has 0 aliphatic carbocycles. The minimum Gasteiger partial charge on any atom is -0.493 e. The standard InChI is InChI=1S/C33H46O7/c1-8-10-12-16-25(39-32(34)23(3)4)21-37-29-20-30(36-7)31(28-19-15-14-18-27(28)29)38-22-26(17-13-11-9-2)40-33(35)24(5)6/h14-15,18-20,25-26H,3,5,8-13,16-17,21-22H2,1-2,4,6-7H3. The van der Waals surface area contributed by atoms with Crippen molar-refractivity contribution in [2.45, 2.75) is 91.3 Å². The van der Waals surface area contributed by atoms with Gasteiger partial charge in [-0.15, -0.1) is 0 Å². The number of ether oxygens (including phenoxy) is 5. The van der Waals surface area contributed by atoms with Crippen molar-refractivity contribution in [3.05, 3.63) is 54.6 Å². The Morgan fingerprint density at radius 1 is 0.750 bits per heavy atom. The number of fused-ring (bicyclic) bond motifs is 1. The van der Waals surface area contributed by atoms with E-state index < -0.39 is 24.1 Å². The summed E-state index contributed by atoms with van der Waals surface area (Å²) in [6.07, 6.45) is 6.65. The lowest BCUT2D eigenvalue weighted by molar-refractivity contribution is -0.147. The Kier molecular flexibility index (Phi) is 14.1. The summed E-state index contributed by atoms with van der Waals surface area (Å²) in [5.74, 6) is 0.794. The molecule has 0 fully saturated rings. The van der Waals surface area contributed by atoms with Crippen LogP contribution in [0.25, 0.3) is 10.8 Å². The Balaban J connectivity index is 2.29. The first-order valence-corrected chi connectivity index (χ1v) is 14.3. The fourth-order valence-corrected chi connectivity index (χ4v) is 4.17. The van der Waals surface area contributed by atoms with E-state index in [-0.39, 0.29) is 13.2 Å². The minimum atomic E-state index is -0.425. The normalized spacial score (nSPS) is 12.3. The number of esters is 2. The molecule has 2 unspecified atom stereocenters. The molecule has 0 aliphatic rings. The summed E-state index contributed by atoms with van der Waals surface area (Å²) in [5, 5.41) is 1.63. The molecule has 7 heteroatoms. The molecule has 2 atom stereocenters. The van der Waals surface area contributed by atoms with Crippen LogP contribution in [0.4, 0.5) is 0 Å². The quantitative estimate of drug-likeness (QED) is 0.0998. The molecule has 0 bridgehead atoms. The van der Waals surface area contributed by atoms with Crippen LogP contribution < -0.4 is 14.2 Å². The SMILES string of the molecule is C=C(C)C(=O)OC(CCCCC)COc1cc(OC)c(OCC(CCCCC)OC(=O)C(=C)C)c2ccccc12. The molecule has 7 nitrogen and oxygen atoms in total. The van der Waals surface area contributed by atoms with Crippen LogP contribution >= 0.6 is 0 Å². The number of carbonyl (C=O) groups excluding carboxylic acids is 2. The van der Waals surface area contributed by atoms with Crippen molar-refractivity contribution in [3.8, 4) is 17.2 Å². The van der Waals surface area contributed by atoms with Crippen molar-refractivity contribution < 1.29 is 33.3 Å². The highest BCUT2D eigenvalue weighted by Gasteiger charge is 2.21. The molecule has 40 heavy (non-hydrogen) atoms. The molecule has 0 spiro atoms. The van der Waals surface area contributed by atoms with Gasteiger partial charge in [-0.05, 0) is 39.5 Å². The molecule has 0 amide bonds. The second kappa shape index (κ2) is 17.3. The summed E-state index contributed by atoms with van der Waals surface area (Å²) >= 11 is 0. The third-order valence-corrected chi connectivity index (χ3v) is 6.48. The van der Waals surface area contributed by atoms with Crippen molar-refractivity contribution >= 4 is 22.7 Å². The fourth-order valence-electron chi connectivity index (χ4n) is 4.17. The Labute approximate surface area is 239 Å². The van der Waals surface area contributed by atoms with Crippen molar-refractivity contribution in [1.29, 1.82) is 0 Å². The zero-order valence-electron chi connectivity index (χ0n) is 24.9. The molecule has 0 radical (unpaired) electrons. The van der Waals surface area contributed by atoms with Gasteiger partial charge >= 0.3 is 11.9 Å². The van der Waals surface area contributed by atoms with E-state index in [2.05, 4.69) is 27.0 Å². The van der Waals surface area contributed by atoms with Crippen molar-refractivity contribution in [2.24, 2.45) is 0 Å². The van der Waals surface area contributed by atoms with E-state index in [1.807, 2.05) is 24.3 Å². The first-order chi connectivity index (χ1) is 19.2. The third kappa shape index (κ3) is 10.2. The van der Waals surface area contributed by atoms with Crippen LogP contribution in [0.1, 0.15) is 79.1 Å². The lowest BCUT2D eigenvalue weighted by Gasteiger charge is -2.22. The molecular weight excluding hydrogens is 508 g/mol. The number of rotatable bonds is 19. The predicted octanol–water partition coefficient (Wildman–Crippen LogP) is 7.74. The lowest BCUT2D eigenvalue weighted by Crippen LogP contribution is -2.26. The van der Waals surface area contributed by atoms with Gasteiger partial charge in [0.2, 0.25) is 0 Å². The number of hydrogen-bond acceptors (Lipinski definition) is 7. The van der Waals surface area contributed by atoms with E-state index in [0.717, 1.165) is 49.3 Å². The zero-order chi connectivity index (χ0) is 29.5. The van der Waals surface area contributed by atoms with Gasteiger partial charge in [0, 0.05) is 28.0 Å². The molecule has 2 rings (SSSR count). The molecule has 2 aromatic rings. The molecule has 0 saturated heterocycles. The average Bonchev–Trinajstić information content (AvgIpc) is 2.94. The number of carbonyl (C=O) groups is 2. The maximum atomic E-state index is 12.2. The van der Waals surface area contributed by atoms with Gasteiger partial charge in [-0.25, -0.2) is 9.59 Å². The Bertz CT molecular complexity index is 1140. The van der Waals surface area contributed by atoms with E-state index in [0.29, 0.717) is 41.2 Å². The highest BCUT2D eigenvalue weighted by Crippen LogP contribution is 2.42. The molecule has 0 saturated carbocycles. The predicted molar refractivity (Wildman–Crippen MR) is 159 cm³/mol. The first kappa shape index (κ1) is 32.7. The fraction of sp³-hybridized carbons (Fsp3) is 0.515. The Morgan fingerprint density at radius 2 is 1.25 bits per heavy atom. The molecule has 0 heterocycles. The van der Waals surface area contributed by atoms with Gasteiger partial charge in [-0.3, -0.25) is 0 Å². The molecular formula is C33H46O7. The maximum absolute atomic E-state index is 12.2. The van der Waals surface area contributed by atoms with Crippen LogP contribution in [0.2, 0.25) is 0 Å². The van der Waals surface area contributed by atoms with Gasteiger partial charge in [0.25, 0.3) is 0 Å². The van der Waals surface area contributed by atoms with Crippen LogP contribution in [-0.4, -0.2) is 44.5 Å². The van der Waals surface area contributed by atoms with E-state index in [9.17, 15) is 9.59 Å². The second-order valence-electron chi connectivity index (χ2n) is 10.2. The summed E-state index contributed by atoms with van der Waals surface area (Å²) in [6.45, 7) is 15.3. The molecule has 0 aromatic heterocycles. The van der Waals surface area contributed by atoms with Gasteiger partial charge in [0.1, 0.15) is 31.2 Å². The maximum Gasteiger partial charge on any atom is 0.333 e. The summed E-state index contributed by atoms with van der Waals surface area (Å²) < 4.78 is 29.5. The molecule has 0 aliphatic heterocycles. The Morgan fingerprint density at radius 3 is 1.73 bits per heavy atom. The van der Waals surface area contributed by atoms with Gasteiger partial charge in [-0.1, -0.05) is 77.0 Å². The third-order valence-electron chi connectivity index (χ3n) is 6.48. The van der Waals surface area contributed by atoms with E-state index in [1.165, 1.54) is 0 Å². The average molecular weight is 555 g/mol. The van der Waals surface area contributed by atoms with E-state index in [1.54, 1.807) is 27.0 Å². The topological polar surface area (TPSA) is 80.3 Å². The smallest absolute Gasteiger partial charge is 0.333 e. The molecule has 2 aromatic carbocycles. The van der Waals surface area contributed by atoms with E-state index in [4.69, 9.17) is 23.7 Å². The van der Waals surface area contributed by atoms with Gasteiger partial charge in [-0.2, -0.15) is 0 Å². The minimum absolute atomic E-state index is 0.180. The van der Waals surface area contributed by atoms with Gasteiger partial charge in [0.15, 0.2) is 11.5 Å². The van der Waals surface area contributed by atoms with Crippen LogP contribution in [0.5, 0.6) is 17.2 Å². The number of benzene rings is 2. The number of unbranched alkanes of at least 4 members (excludes halogenated alkanes) is 4. The molecule has 0 N–H and O–H groups in total. The first-order valence-electron chi connectivity index (χ1n) is 14.3. The second-order valence-corrected chi connectivity index (χ2v) is 10.2. The summed E-state index contributed by atoms with van der Waals surface area (Å²) in [5.41, 5.74) is 0.711. The summed E-state index contributed by atoms with van der Waals surface area (Å²) in [7, 11) is 1.57. The van der Waals surface area contributed by atoms with Crippen LogP contribution in [0.15, 0.2) is 54.6 Å². The Hall–Kier alpha value is -3.48. The van der Waals surface area contributed by atoms with Gasteiger partial charge in [0.05, 0.1) is 7.11 Å². The highest BCUT2D eigenvalue weighted by molar-refractivity contribution is 5.95. The molecule has 220 valence electrons. The van der Waals surface area contributed by atoms with Crippen molar-refractivity contribution in [3.63, 3.8) is 0 Å². The van der Waals surface area contributed by atoms with Crippen molar-refractivity contribution in [2.75, 3.05) is 20.3 Å². The monoisotopic (exact) mass is 554 g/mol. The zero-order valence-corrected chi connectivity index (χ0v) is 24.9. The van der Waals surface area contributed by atoms with Crippen LogP contribution in [0, 0.1) is 0 Å². The lowest BCUT2D eigenvalue weighted by atomic mass is 10.1. The summed E-state index contributed by atoms with van der Waals surface area (Å²) in [4.78, 5) is 24.5. The van der Waals surface area contributed by atoms with Gasteiger partial charge < -0.3 is 23.7 Å². The number of methoxy groups -OCH3 is 1. The number of hydrogen-bond donors (Lipinski definition) is 0. The van der Waals surface area contributed by atoms with Crippen molar-refractivity contribution in [1.82, 2.24) is 0 Å².